The number of nitrogens with one attached hydrogen (secondary N) is 2. The largest absolute Gasteiger partial charge is 0.493 e. The first-order valence-electron chi connectivity index (χ1n) is 7.39. The second kappa shape index (κ2) is 10.4. The Morgan fingerprint density at radius 1 is 1.12 bits per heavy atom. The number of guanidine groups is 1. The summed E-state index contributed by atoms with van der Waals surface area (Å²) in [5, 5.41) is 15.3. The maximum atomic E-state index is 8.94. The van der Waals surface area contributed by atoms with Crippen molar-refractivity contribution in [3.63, 3.8) is 0 Å². The van der Waals surface area contributed by atoms with Crippen LogP contribution in [0.2, 0.25) is 0 Å². The van der Waals surface area contributed by atoms with Gasteiger partial charge in [-0.25, -0.2) is 0 Å². The molecule has 0 aromatic heterocycles. The second-order valence-electron chi connectivity index (χ2n) is 4.93. The Hall–Kier alpha value is -2.47. The zero-order chi connectivity index (χ0) is 17.4. The zero-order valence-electron chi connectivity index (χ0n) is 14.4. The van der Waals surface area contributed by atoms with Gasteiger partial charge in [0.15, 0.2) is 17.5 Å². The van der Waals surface area contributed by atoms with Crippen LogP contribution < -0.4 is 20.1 Å². The molecule has 0 aliphatic heterocycles. The van der Waals surface area contributed by atoms with Crippen LogP contribution in [0.3, 0.4) is 0 Å². The first-order valence-corrected chi connectivity index (χ1v) is 7.39. The number of halogens is 1. The molecule has 7 heteroatoms. The summed E-state index contributed by atoms with van der Waals surface area (Å²) in [6.45, 7) is 0.558. The zero-order valence-corrected chi connectivity index (χ0v) is 16.7. The monoisotopic (exact) mass is 452 g/mol. The first-order chi connectivity index (χ1) is 11.7. The van der Waals surface area contributed by atoms with E-state index >= 15 is 0 Å². The number of methoxy groups -OCH3 is 2. The van der Waals surface area contributed by atoms with Gasteiger partial charge in [-0.3, -0.25) is 4.99 Å². The highest BCUT2D eigenvalue weighted by Crippen LogP contribution is 2.29. The molecule has 6 nitrogen and oxygen atoms in total. The van der Waals surface area contributed by atoms with E-state index in [9.17, 15) is 0 Å². The number of anilines is 1. The molecule has 0 atom stereocenters. The van der Waals surface area contributed by atoms with Crippen molar-refractivity contribution in [2.45, 2.75) is 6.54 Å². The highest BCUT2D eigenvalue weighted by atomic mass is 127. The number of ether oxygens (including phenoxy) is 2. The van der Waals surface area contributed by atoms with Gasteiger partial charge < -0.3 is 20.1 Å². The van der Waals surface area contributed by atoms with Crippen molar-refractivity contribution in [2.24, 2.45) is 4.99 Å². The normalized spacial score (nSPS) is 10.2. The quantitative estimate of drug-likeness (QED) is 0.413. The van der Waals surface area contributed by atoms with Crippen molar-refractivity contribution < 1.29 is 9.47 Å². The minimum atomic E-state index is 0. The van der Waals surface area contributed by atoms with Crippen LogP contribution in [0.25, 0.3) is 0 Å². The molecule has 0 heterocycles. The lowest BCUT2D eigenvalue weighted by molar-refractivity contribution is 0.355. The molecule has 0 aliphatic carbocycles. The van der Waals surface area contributed by atoms with Crippen LogP contribution in [0.1, 0.15) is 11.1 Å². The molecule has 0 spiro atoms. The molecule has 132 valence electrons. The van der Waals surface area contributed by atoms with Crippen molar-refractivity contribution in [3.8, 4) is 17.6 Å². The number of rotatable bonds is 5. The number of nitrogens with zero attached hydrogens (tertiary/aromatic N) is 2. The molecule has 2 aromatic carbocycles. The van der Waals surface area contributed by atoms with E-state index in [1.165, 1.54) is 0 Å². The van der Waals surface area contributed by atoms with Crippen LogP contribution in [-0.2, 0) is 6.54 Å². The number of hydrogen-bond acceptors (Lipinski definition) is 4. The van der Waals surface area contributed by atoms with E-state index in [-0.39, 0.29) is 24.0 Å². The predicted molar refractivity (Wildman–Crippen MR) is 110 cm³/mol. The van der Waals surface area contributed by atoms with Crippen LogP contribution in [0, 0.1) is 11.3 Å². The summed E-state index contributed by atoms with van der Waals surface area (Å²) in [6.07, 6.45) is 0. The minimum Gasteiger partial charge on any atom is -0.493 e. The molecule has 0 bridgehead atoms. The molecule has 2 aromatic rings. The van der Waals surface area contributed by atoms with E-state index < -0.39 is 0 Å². The fraction of sp³-hybridized carbons (Fsp3) is 0.222. The van der Waals surface area contributed by atoms with E-state index in [2.05, 4.69) is 21.7 Å². The summed E-state index contributed by atoms with van der Waals surface area (Å²) in [7, 11) is 4.89. The predicted octanol–water partition coefficient (Wildman–Crippen LogP) is 3.38. The third kappa shape index (κ3) is 5.83. The van der Waals surface area contributed by atoms with Crippen LogP contribution >= 0.6 is 24.0 Å². The van der Waals surface area contributed by atoms with E-state index in [0.29, 0.717) is 29.6 Å². The average molecular weight is 452 g/mol. The summed E-state index contributed by atoms with van der Waals surface area (Å²) < 4.78 is 10.5. The standard InChI is InChI=1S/C18H20N4O2.HI/c1-20-18(21-12-14-6-4-5-13(9-14)11-19)22-15-7-8-16(23-2)17(10-15)24-3;/h4-10H,12H2,1-3H3,(H2,20,21,22);1H. The van der Waals surface area contributed by atoms with Crippen LogP contribution in [0.15, 0.2) is 47.5 Å². The van der Waals surface area contributed by atoms with Gasteiger partial charge in [0, 0.05) is 25.3 Å². The van der Waals surface area contributed by atoms with Crippen molar-refractivity contribution in [1.82, 2.24) is 5.32 Å². The Bertz CT molecular complexity index is 772. The van der Waals surface area contributed by atoms with Gasteiger partial charge in [0.25, 0.3) is 0 Å². The summed E-state index contributed by atoms with van der Waals surface area (Å²) >= 11 is 0. The summed E-state index contributed by atoms with van der Waals surface area (Å²) in [5.41, 5.74) is 2.47. The van der Waals surface area contributed by atoms with Crippen molar-refractivity contribution in [3.05, 3.63) is 53.6 Å². The number of hydrogen-bond donors (Lipinski definition) is 2. The lowest BCUT2D eigenvalue weighted by atomic mass is 10.1. The maximum absolute atomic E-state index is 8.94. The van der Waals surface area contributed by atoms with Gasteiger partial charge in [-0.05, 0) is 29.8 Å². The van der Waals surface area contributed by atoms with Crippen molar-refractivity contribution >= 4 is 35.6 Å². The van der Waals surface area contributed by atoms with Crippen LogP contribution in [0.4, 0.5) is 5.69 Å². The molecule has 25 heavy (non-hydrogen) atoms. The van der Waals surface area contributed by atoms with E-state index in [0.717, 1.165) is 11.3 Å². The van der Waals surface area contributed by atoms with Gasteiger partial charge in [0.1, 0.15) is 0 Å². The summed E-state index contributed by atoms with van der Waals surface area (Å²) in [4.78, 5) is 4.20. The molecule has 2 N–H and O–H groups in total. The maximum Gasteiger partial charge on any atom is 0.195 e. The molecule has 0 unspecified atom stereocenters. The molecule has 0 fully saturated rings. The fourth-order valence-corrected chi connectivity index (χ4v) is 2.17. The highest BCUT2D eigenvalue weighted by Gasteiger charge is 2.06. The molecule has 0 amide bonds. The van der Waals surface area contributed by atoms with Gasteiger partial charge in [-0.2, -0.15) is 5.26 Å². The van der Waals surface area contributed by atoms with Crippen molar-refractivity contribution in [1.29, 1.82) is 5.26 Å². The molecule has 0 saturated carbocycles. The van der Waals surface area contributed by atoms with Gasteiger partial charge in [0.05, 0.1) is 25.9 Å². The lowest BCUT2D eigenvalue weighted by Gasteiger charge is -2.14. The number of aliphatic imine (C=N–C) groups is 1. The van der Waals surface area contributed by atoms with E-state index in [1.807, 2.05) is 36.4 Å². The van der Waals surface area contributed by atoms with Gasteiger partial charge in [0.2, 0.25) is 0 Å². The Morgan fingerprint density at radius 3 is 2.52 bits per heavy atom. The molecule has 2 rings (SSSR count). The first kappa shape index (κ1) is 20.6. The molecule has 0 aliphatic rings. The molecular weight excluding hydrogens is 431 g/mol. The Kier molecular flexibility index (Phi) is 8.56. The third-order valence-electron chi connectivity index (χ3n) is 3.39. The fourth-order valence-electron chi connectivity index (χ4n) is 2.17. The Labute approximate surface area is 164 Å². The molecule has 0 saturated heterocycles. The number of nitriles is 1. The smallest absolute Gasteiger partial charge is 0.195 e. The summed E-state index contributed by atoms with van der Waals surface area (Å²) in [6, 6.07) is 15.1. The molecular formula is C18H21IN4O2. The van der Waals surface area contributed by atoms with E-state index in [1.54, 1.807) is 27.3 Å². The van der Waals surface area contributed by atoms with Gasteiger partial charge in [-0.15, -0.1) is 24.0 Å². The van der Waals surface area contributed by atoms with Crippen LogP contribution in [-0.4, -0.2) is 27.2 Å². The van der Waals surface area contributed by atoms with E-state index in [4.69, 9.17) is 14.7 Å². The Morgan fingerprint density at radius 2 is 1.88 bits per heavy atom. The minimum absolute atomic E-state index is 0. The average Bonchev–Trinajstić information content (AvgIpc) is 2.64. The van der Waals surface area contributed by atoms with Crippen molar-refractivity contribution in [2.75, 3.05) is 26.6 Å². The third-order valence-corrected chi connectivity index (χ3v) is 3.39. The SMILES string of the molecule is CN=C(NCc1cccc(C#N)c1)Nc1ccc(OC)c(OC)c1.I. The molecule has 0 radical (unpaired) electrons. The highest BCUT2D eigenvalue weighted by molar-refractivity contribution is 14.0. The Balaban J connectivity index is 0.00000312. The van der Waals surface area contributed by atoms with Gasteiger partial charge >= 0.3 is 0 Å². The number of benzene rings is 2. The lowest BCUT2D eigenvalue weighted by Crippen LogP contribution is -2.30. The van der Waals surface area contributed by atoms with Crippen LogP contribution in [0.5, 0.6) is 11.5 Å². The second-order valence-corrected chi connectivity index (χ2v) is 4.93. The van der Waals surface area contributed by atoms with Gasteiger partial charge in [-0.1, -0.05) is 12.1 Å². The topological polar surface area (TPSA) is 78.7 Å². The summed E-state index contributed by atoms with van der Waals surface area (Å²) in [5.74, 6) is 1.92.